The van der Waals surface area contributed by atoms with Gasteiger partial charge in [0, 0.05) is 5.56 Å². The smallest absolute Gasteiger partial charge is 0.497 e. The summed E-state index contributed by atoms with van der Waals surface area (Å²) >= 11 is 1.43. The van der Waals surface area contributed by atoms with E-state index in [1.165, 1.54) is 47.0 Å². The summed E-state index contributed by atoms with van der Waals surface area (Å²) in [6, 6.07) is 19.0. The second kappa shape index (κ2) is 13.3. The van der Waals surface area contributed by atoms with E-state index < -0.39 is 6.36 Å². The lowest BCUT2D eigenvalue weighted by atomic mass is 10.1. The molecule has 0 bridgehead atoms. The Morgan fingerprint density at radius 1 is 1.07 bits per heavy atom. The minimum Gasteiger partial charge on any atom is -0.497 e. The van der Waals surface area contributed by atoms with Crippen molar-refractivity contribution in [3.05, 3.63) is 84.2 Å². The zero-order valence-corrected chi connectivity index (χ0v) is 24.3. The Morgan fingerprint density at radius 3 is 2.60 bits per heavy atom. The zero-order valence-electron chi connectivity index (χ0n) is 23.5. The molecular formula is C30H29F3N6O3S. The van der Waals surface area contributed by atoms with E-state index >= 15 is 0 Å². The minimum atomic E-state index is -4.74. The molecule has 1 aliphatic rings. The number of aromatic nitrogens is 3. The van der Waals surface area contributed by atoms with Crippen LogP contribution in [0.5, 0.6) is 11.5 Å². The Hall–Kier alpha value is -4.36. The number of anilines is 1. The molecule has 0 spiro atoms. The quantitative estimate of drug-likeness (QED) is 0.216. The number of hydrogen-bond acceptors (Lipinski definition) is 8. The topological polar surface area (TPSA) is 93.9 Å². The molecule has 1 aliphatic heterocycles. The highest BCUT2D eigenvalue weighted by atomic mass is 32.2. The van der Waals surface area contributed by atoms with Gasteiger partial charge < -0.3 is 9.47 Å². The Labute approximate surface area is 250 Å². The molecule has 0 atom stereocenters. The van der Waals surface area contributed by atoms with E-state index in [0.717, 1.165) is 47.5 Å². The van der Waals surface area contributed by atoms with Gasteiger partial charge in [-0.2, -0.15) is 0 Å². The number of thioether (sulfide) groups is 1. The maximum atomic E-state index is 12.6. The number of halogens is 3. The molecule has 0 aliphatic carbocycles. The summed E-state index contributed by atoms with van der Waals surface area (Å²) in [5.74, 6) is 1.31. The van der Waals surface area contributed by atoms with E-state index in [1.807, 2.05) is 49.4 Å². The number of alkyl halides is 3. The van der Waals surface area contributed by atoms with E-state index in [0.29, 0.717) is 29.1 Å². The van der Waals surface area contributed by atoms with E-state index in [-0.39, 0.29) is 11.7 Å². The lowest BCUT2D eigenvalue weighted by molar-refractivity contribution is -0.274. The van der Waals surface area contributed by atoms with Gasteiger partial charge in [0.25, 0.3) is 0 Å². The number of aryl methyl sites for hydroxylation is 2. The molecule has 43 heavy (non-hydrogen) atoms. The Morgan fingerprint density at radius 2 is 1.86 bits per heavy atom. The van der Waals surface area contributed by atoms with Crippen LogP contribution in [0.2, 0.25) is 0 Å². The molecule has 0 unspecified atom stereocenters. The van der Waals surface area contributed by atoms with Crippen molar-refractivity contribution in [2.45, 2.75) is 26.1 Å². The van der Waals surface area contributed by atoms with Gasteiger partial charge >= 0.3 is 6.36 Å². The fourth-order valence-electron chi connectivity index (χ4n) is 4.53. The molecule has 4 aromatic rings. The first-order valence-corrected chi connectivity index (χ1v) is 14.4. The van der Waals surface area contributed by atoms with Crippen molar-refractivity contribution in [3.63, 3.8) is 0 Å². The van der Waals surface area contributed by atoms with Crippen molar-refractivity contribution >= 4 is 28.5 Å². The minimum absolute atomic E-state index is 0.00432. The standard InChI is InChI=1S/C30H29F3N6O3S/c1-20-15-25(41-2)12-13-26(20)39-27(40)17-43-29(39)35-18-34-14-4-6-21-5-3-7-22(16-21)28-36-19-38(37-28)23-8-10-24(11-9-23)42-30(31,32)33/h3,5,7-13,15-16,19,34H,4,6,14,17-18H2,1-2H3. The molecule has 1 amide bonds. The molecule has 1 N–H and O–H groups in total. The summed E-state index contributed by atoms with van der Waals surface area (Å²) in [5, 5.41) is 8.49. The van der Waals surface area contributed by atoms with Gasteiger partial charge in [-0.1, -0.05) is 30.0 Å². The van der Waals surface area contributed by atoms with Crippen LogP contribution >= 0.6 is 11.8 Å². The highest BCUT2D eigenvalue weighted by molar-refractivity contribution is 8.15. The number of nitrogens with zero attached hydrogens (tertiary/aromatic N) is 5. The van der Waals surface area contributed by atoms with E-state index in [4.69, 9.17) is 4.74 Å². The first kappa shape index (κ1) is 30.1. The number of carbonyl (C=O) groups is 1. The molecule has 1 saturated heterocycles. The molecule has 13 heteroatoms. The van der Waals surface area contributed by atoms with Gasteiger partial charge in [0.05, 0.1) is 30.9 Å². The number of methoxy groups -OCH3 is 1. The molecule has 9 nitrogen and oxygen atoms in total. The highest BCUT2D eigenvalue weighted by Gasteiger charge is 2.31. The normalized spacial score (nSPS) is 14.5. The van der Waals surface area contributed by atoms with Gasteiger partial charge in [0.1, 0.15) is 17.8 Å². The van der Waals surface area contributed by atoms with Crippen molar-refractivity contribution in [1.29, 1.82) is 0 Å². The maximum absolute atomic E-state index is 12.6. The molecule has 1 aromatic heterocycles. The summed E-state index contributed by atoms with van der Waals surface area (Å²) < 4.78 is 47.9. The number of carbonyl (C=O) groups excluding carboxylic acids is 1. The van der Waals surface area contributed by atoms with Crippen LogP contribution in [0.15, 0.2) is 78.0 Å². The number of hydrogen-bond donors (Lipinski definition) is 1. The van der Waals surface area contributed by atoms with Crippen LogP contribution in [0, 0.1) is 6.92 Å². The average molecular weight is 611 g/mol. The van der Waals surface area contributed by atoms with Gasteiger partial charge in [-0.25, -0.2) is 14.7 Å². The van der Waals surface area contributed by atoms with Crippen LogP contribution in [0.1, 0.15) is 17.5 Å². The van der Waals surface area contributed by atoms with Crippen LogP contribution in [0.3, 0.4) is 0 Å². The fourth-order valence-corrected chi connectivity index (χ4v) is 5.39. The van der Waals surface area contributed by atoms with Crippen molar-refractivity contribution in [2.75, 3.05) is 31.0 Å². The van der Waals surface area contributed by atoms with Crippen LogP contribution in [0.25, 0.3) is 17.1 Å². The fraction of sp³-hybridized carbons (Fsp3) is 0.267. The number of amidine groups is 1. The predicted molar refractivity (Wildman–Crippen MR) is 160 cm³/mol. The van der Waals surface area contributed by atoms with E-state index in [1.54, 1.807) is 12.0 Å². The second-order valence-corrected chi connectivity index (χ2v) is 10.6. The maximum Gasteiger partial charge on any atom is 0.573 e. The first-order valence-electron chi connectivity index (χ1n) is 13.4. The van der Waals surface area contributed by atoms with Crippen LogP contribution < -0.4 is 19.7 Å². The summed E-state index contributed by atoms with van der Waals surface area (Å²) in [6.07, 6.45) is -1.54. The largest absolute Gasteiger partial charge is 0.573 e. The molecule has 0 saturated carbocycles. The number of ether oxygens (including phenoxy) is 2. The lowest BCUT2D eigenvalue weighted by Gasteiger charge is -2.19. The summed E-state index contributed by atoms with van der Waals surface area (Å²) in [4.78, 5) is 23.2. The van der Waals surface area contributed by atoms with Crippen LogP contribution in [0.4, 0.5) is 18.9 Å². The van der Waals surface area contributed by atoms with E-state index in [2.05, 4.69) is 25.1 Å². The van der Waals surface area contributed by atoms with Crippen LogP contribution in [-0.2, 0) is 11.2 Å². The second-order valence-electron chi connectivity index (χ2n) is 9.63. The van der Waals surface area contributed by atoms with Gasteiger partial charge in [-0.3, -0.25) is 15.0 Å². The number of rotatable bonds is 11. The van der Waals surface area contributed by atoms with Crippen LogP contribution in [-0.4, -0.2) is 58.3 Å². The Bertz CT molecular complexity index is 1610. The third-order valence-corrected chi connectivity index (χ3v) is 7.53. The summed E-state index contributed by atoms with van der Waals surface area (Å²) in [6.45, 7) is 3.08. The van der Waals surface area contributed by atoms with Gasteiger partial charge in [0.15, 0.2) is 11.0 Å². The molecule has 1 fully saturated rings. The summed E-state index contributed by atoms with van der Waals surface area (Å²) in [7, 11) is 1.61. The molecule has 2 heterocycles. The van der Waals surface area contributed by atoms with Crippen molar-refractivity contribution in [2.24, 2.45) is 4.99 Å². The van der Waals surface area contributed by atoms with Gasteiger partial charge in [-0.05, 0) is 86.0 Å². The molecule has 3 aromatic carbocycles. The monoisotopic (exact) mass is 610 g/mol. The number of nitrogens with one attached hydrogen (secondary N) is 1. The predicted octanol–water partition coefficient (Wildman–Crippen LogP) is 5.77. The SMILES string of the molecule is COc1ccc(N2C(=O)CSC2=NCNCCCc2cccc(-c3ncn(-c4ccc(OC(F)(F)F)cc4)n3)c2)c(C)c1. The summed E-state index contributed by atoms with van der Waals surface area (Å²) in [5.41, 5.74) is 4.26. The molecule has 5 rings (SSSR count). The Kier molecular flexibility index (Phi) is 9.31. The van der Waals surface area contributed by atoms with Crippen molar-refractivity contribution < 1.29 is 27.4 Å². The third kappa shape index (κ3) is 7.73. The third-order valence-electron chi connectivity index (χ3n) is 6.57. The molecule has 0 radical (unpaired) electrons. The lowest BCUT2D eigenvalue weighted by Crippen LogP contribution is -2.31. The van der Waals surface area contributed by atoms with Crippen molar-refractivity contribution in [1.82, 2.24) is 20.1 Å². The van der Waals surface area contributed by atoms with Gasteiger partial charge in [0.2, 0.25) is 5.91 Å². The number of amides is 1. The van der Waals surface area contributed by atoms with Crippen molar-refractivity contribution in [3.8, 4) is 28.6 Å². The highest BCUT2D eigenvalue weighted by Crippen LogP contribution is 2.31. The Balaban J connectivity index is 1.12. The van der Waals surface area contributed by atoms with Gasteiger partial charge in [-0.15, -0.1) is 18.3 Å². The van der Waals surface area contributed by atoms with E-state index in [9.17, 15) is 18.0 Å². The average Bonchev–Trinajstić information content (AvgIpc) is 3.62. The molecular weight excluding hydrogens is 581 g/mol. The first-order chi connectivity index (χ1) is 20.7. The number of aliphatic imine (C=N–C) groups is 1. The zero-order chi connectivity index (χ0) is 30.4. The molecule has 224 valence electrons. The number of benzene rings is 3.